The maximum Gasteiger partial charge on any atom is 0.260 e. The lowest BCUT2D eigenvalue weighted by Crippen LogP contribution is -2.34. The van der Waals surface area contributed by atoms with E-state index in [0.29, 0.717) is 25.2 Å². The van der Waals surface area contributed by atoms with Gasteiger partial charge in [-0.25, -0.2) is 0 Å². The molecule has 1 fully saturated rings. The average molecular weight is 327 g/mol. The van der Waals surface area contributed by atoms with E-state index >= 15 is 0 Å². The molecule has 0 radical (unpaired) electrons. The van der Waals surface area contributed by atoms with Crippen LogP contribution < -0.4 is 0 Å². The second kappa shape index (κ2) is 6.57. The summed E-state index contributed by atoms with van der Waals surface area (Å²) in [4.78, 5) is 18.0. The van der Waals surface area contributed by atoms with Crippen LogP contribution in [0.3, 0.4) is 0 Å². The molecule has 2 heterocycles. The van der Waals surface area contributed by atoms with Crippen LogP contribution in [0.25, 0.3) is 6.08 Å². The number of hydrogen-bond donors (Lipinski definition) is 1. The summed E-state index contributed by atoms with van der Waals surface area (Å²) in [6, 6.07) is 8.11. The van der Waals surface area contributed by atoms with E-state index in [4.69, 9.17) is 4.52 Å². The van der Waals surface area contributed by atoms with Crippen LogP contribution in [-0.4, -0.2) is 39.1 Å². The maximum atomic E-state index is 12.3. The fourth-order valence-corrected chi connectivity index (χ4v) is 2.77. The minimum absolute atomic E-state index is 0.0227. The number of aliphatic hydroxyl groups is 1. The Labute approximate surface area is 140 Å². The van der Waals surface area contributed by atoms with Crippen LogP contribution in [0.1, 0.15) is 35.7 Å². The monoisotopic (exact) mass is 327 g/mol. The molecule has 1 atom stereocenters. The third-order valence-electron chi connectivity index (χ3n) is 4.21. The van der Waals surface area contributed by atoms with Crippen molar-refractivity contribution in [2.75, 3.05) is 13.1 Å². The van der Waals surface area contributed by atoms with E-state index in [2.05, 4.69) is 10.1 Å². The summed E-state index contributed by atoms with van der Waals surface area (Å²) >= 11 is 0. The van der Waals surface area contributed by atoms with Crippen LogP contribution in [0.5, 0.6) is 0 Å². The van der Waals surface area contributed by atoms with Gasteiger partial charge in [-0.15, -0.1) is 0 Å². The summed E-state index contributed by atoms with van der Waals surface area (Å²) < 4.78 is 5.06. The van der Waals surface area contributed by atoms with Crippen LogP contribution in [0.4, 0.5) is 0 Å². The summed E-state index contributed by atoms with van der Waals surface area (Å²) in [5, 5.41) is 14.3. The molecule has 6 heteroatoms. The summed E-state index contributed by atoms with van der Waals surface area (Å²) in [5.74, 6) is 0.639. The number of β-amino-alcohol motifs (C(OH)–C–C–N with tert-alkyl or cyclic N) is 1. The molecule has 0 aliphatic carbocycles. The first-order valence-corrected chi connectivity index (χ1v) is 8.00. The van der Waals surface area contributed by atoms with E-state index in [0.717, 1.165) is 5.56 Å². The first kappa shape index (κ1) is 16.4. The van der Waals surface area contributed by atoms with E-state index in [1.807, 2.05) is 43.3 Å². The number of carbonyl (C=O) groups excluding carboxylic acids is 1. The molecule has 1 unspecified atom stereocenters. The Hall–Kier alpha value is -2.47. The Morgan fingerprint density at radius 2 is 2.12 bits per heavy atom. The van der Waals surface area contributed by atoms with E-state index in [1.54, 1.807) is 11.8 Å². The van der Waals surface area contributed by atoms with E-state index in [-0.39, 0.29) is 18.3 Å². The van der Waals surface area contributed by atoms with Crippen molar-refractivity contribution in [1.29, 1.82) is 0 Å². The second-order valence-corrected chi connectivity index (χ2v) is 6.26. The Morgan fingerprint density at radius 3 is 2.79 bits per heavy atom. The van der Waals surface area contributed by atoms with Crippen molar-refractivity contribution in [2.45, 2.75) is 32.3 Å². The highest BCUT2D eigenvalue weighted by atomic mass is 16.5. The van der Waals surface area contributed by atoms with Gasteiger partial charge in [-0.3, -0.25) is 4.79 Å². The Morgan fingerprint density at radius 1 is 1.38 bits per heavy atom. The number of carbonyl (C=O) groups is 1. The van der Waals surface area contributed by atoms with Crippen molar-refractivity contribution in [3.63, 3.8) is 0 Å². The second-order valence-electron chi connectivity index (χ2n) is 6.26. The number of likely N-dealkylation sites (tertiary alicyclic amines) is 1. The number of aryl methyl sites for hydroxylation is 2. The molecule has 1 aromatic carbocycles. The molecular formula is C18H21N3O3. The molecule has 0 spiro atoms. The van der Waals surface area contributed by atoms with Crippen molar-refractivity contribution < 1.29 is 14.4 Å². The van der Waals surface area contributed by atoms with Crippen LogP contribution >= 0.6 is 0 Å². The van der Waals surface area contributed by atoms with Gasteiger partial charge in [0.1, 0.15) is 0 Å². The Kier molecular flexibility index (Phi) is 4.49. The van der Waals surface area contributed by atoms with Crippen LogP contribution in [-0.2, 0) is 10.4 Å². The van der Waals surface area contributed by atoms with Crippen molar-refractivity contribution in [1.82, 2.24) is 15.0 Å². The molecule has 1 N–H and O–H groups in total. The lowest BCUT2D eigenvalue weighted by atomic mass is 10.0. The molecule has 1 aliphatic heterocycles. The van der Waals surface area contributed by atoms with E-state index in [9.17, 15) is 9.90 Å². The zero-order valence-corrected chi connectivity index (χ0v) is 13.9. The van der Waals surface area contributed by atoms with Gasteiger partial charge in [0, 0.05) is 19.4 Å². The quantitative estimate of drug-likeness (QED) is 0.931. The molecule has 0 saturated carbocycles. The van der Waals surface area contributed by atoms with Crippen molar-refractivity contribution in [2.24, 2.45) is 0 Å². The molecule has 1 aliphatic rings. The highest BCUT2D eigenvalue weighted by Crippen LogP contribution is 2.31. The number of nitrogens with zero attached hydrogens (tertiary/aromatic N) is 3. The minimum Gasteiger partial charge on any atom is -0.378 e. The number of hydrogen-bond acceptors (Lipinski definition) is 5. The number of aromatic nitrogens is 2. The molecule has 2 aromatic rings. The van der Waals surface area contributed by atoms with Gasteiger partial charge in [0.15, 0.2) is 11.4 Å². The molecule has 1 saturated heterocycles. The lowest BCUT2D eigenvalue weighted by molar-refractivity contribution is -0.130. The third-order valence-corrected chi connectivity index (χ3v) is 4.21. The first-order chi connectivity index (χ1) is 11.5. The van der Waals surface area contributed by atoms with E-state index in [1.165, 1.54) is 5.56 Å². The summed E-state index contributed by atoms with van der Waals surface area (Å²) in [7, 11) is 0. The van der Waals surface area contributed by atoms with Crippen LogP contribution in [0, 0.1) is 13.8 Å². The smallest absolute Gasteiger partial charge is 0.260 e. The molecule has 1 amide bonds. The highest BCUT2D eigenvalue weighted by molar-refractivity contribution is 5.79. The predicted octanol–water partition coefficient (Wildman–Crippen LogP) is 2.21. The molecular weight excluding hydrogens is 306 g/mol. The highest BCUT2D eigenvalue weighted by Gasteiger charge is 2.43. The van der Waals surface area contributed by atoms with Gasteiger partial charge in [0.25, 0.3) is 5.89 Å². The Balaban J connectivity index is 1.57. The molecule has 126 valence electrons. The maximum absolute atomic E-state index is 12.3. The van der Waals surface area contributed by atoms with E-state index < -0.39 is 5.60 Å². The zero-order valence-electron chi connectivity index (χ0n) is 13.9. The normalized spacial score (nSPS) is 20.9. The van der Waals surface area contributed by atoms with Crippen LogP contribution in [0.15, 0.2) is 34.9 Å². The standard InChI is InChI=1S/C18H21N3O3/c1-13-6-8-15(9-7-13)4-3-5-16(22)21-11-10-18(23,12-21)17-19-14(2)20-24-17/h3-4,6-9,23H,5,10-12H2,1-2H3/b4-3+. The third kappa shape index (κ3) is 3.54. The van der Waals surface area contributed by atoms with Gasteiger partial charge in [0.2, 0.25) is 5.91 Å². The lowest BCUT2D eigenvalue weighted by Gasteiger charge is -2.19. The van der Waals surface area contributed by atoms with Gasteiger partial charge in [-0.2, -0.15) is 4.98 Å². The number of amides is 1. The molecule has 1 aromatic heterocycles. The summed E-state index contributed by atoms with van der Waals surface area (Å²) in [5.41, 5.74) is 1.03. The molecule has 24 heavy (non-hydrogen) atoms. The molecule has 0 bridgehead atoms. The largest absolute Gasteiger partial charge is 0.378 e. The predicted molar refractivity (Wildman–Crippen MR) is 89.0 cm³/mol. The van der Waals surface area contributed by atoms with Crippen LogP contribution in [0.2, 0.25) is 0 Å². The van der Waals surface area contributed by atoms with Crippen molar-refractivity contribution in [3.8, 4) is 0 Å². The van der Waals surface area contributed by atoms with Gasteiger partial charge < -0.3 is 14.5 Å². The van der Waals surface area contributed by atoms with Gasteiger partial charge in [-0.1, -0.05) is 47.1 Å². The SMILES string of the molecule is Cc1ccc(/C=C/CC(=O)N2CCC(O)(c3nc(C)no3)C2)cc1. The summed E-state index contributed by atoms with van der Waals surface area (Å²) in [6.45, 7) is 4.40. The van der Waals surface area contributed by atoms with Crippen molar-refractivity contribution >= 4 is 12.0 Å². The minimum atomic E-state index is -1.24. The van der Waals surface area contributed by atoms with Crippen molar-refractivity contribution in [3.05, 3.63) is 53.2 Å². The number of benzene rings is 1. The first-order valence-electron chi connectivity index (χ1n) is 8.00. The van der Waals surface area contributed by atoms with Gasteiger partial charge in [0.05, 0.1) is 6.54 Å². The molecule has 3 rings (SSSR count). The topological polar surface area (TPSA) is 79.5 Å². The number of rotatable bonds is 4. The average Bonchev–Trinajstić information content (AvgIpc) is 3.17. The Bertz CT molecular complexity index is 751. The fraction of sp³-hybridized carbons (Fsp3) is 0.389. The fourth-order valence-electron chi connectivity index (χ4n) is 2.77. The van der Waals surface area contributed by atoms with Gasteiger partial charge in [-0.05, 0) is 19.4 Å². The van der Waals surface area contributed by atoms with Gasteiger partial charge >= 0.3 is 0 Å². The molecule has 6 nitrogen and oxygen atoms in total. The zero-order chi connectivity index (χ0) is 17.2. The summed E-state index contributed by atoms with van der Waals surface area (Å²) in [6.07, 6.45) is 4.48.